The zero-order valence-corrected chi connectivity index (χ0v) is 8.59. The van der Waals surface area contributed by atoms with Gasteiger partial charge in [-0.2, -0.15) is 0 Å². The second-order valence-corrected chi connectivity index (χ2v) is 3.95. The van der Waals surface area contributed by atoms with Gasteiger partial charge in [-0.1, -0.05) is 19.3 Å². The van der Waals surface area contributed by atoms with Crippen molar-refractivity contribution in [1.29, 1.82) is 0 Å². The first-order valence-corrected chi connectivity index (χ1v) is 5.38. The summed E-state index contributed by atoms with van der Waals surface area (Å²) in [4.78, 5) is 12.3. The van der Waals surface area contributed by atoms with E-state index in [0.29, 0.717) is 12.5 Å². The minimum absolute atomic E-state index is 0.0107. The highest BCUT2D eigenvalue weighted by Crippen LogP contribution is 2.23. The van der Waals surface area contributed by atoms with E-state index in [9.17, 15) is 4.79 Å². The van der Waals surface area contributed by atoms with Gasteiger partial charge in [0.1, 0.15) is 5.88 Å². The molecule has 0 bridgehead atoms. The fourth-order valence-electron chi connectivity index (χ4n) is 1.83. The number of alkyl halides is 1. The van der Waals surface area contributed by atoms with Gasteiger partial charge in [-0.3, -0.25) is 4.79 Å². The van der Waals surface area contributed by atoms with E-state index in [-0.39, 0.29) is 11.8 Å². The summed E-state index contributed by atoms with van der Waals surface area (Å²) in [5.74, 6) is 0.404. The van der Waals surface area contributed by atoms with Crippen molar-refractivity contribution in [3.8, 4) is 0 Å². The molecule has 13 heavy (non-hydrogen) atoms. The Morgan fingerprint density at radius 1 is 1.38 bits per heavy atom. The lowest BCUT2D eigenvalue weighted by Gasteiger charge is -2.27. The zero-order valence-electron chi connectivity index (χ0n) is 7.84. The maximum Gasteiger partial charge on any atom is 0.230 e. The number of carbonyl (C=O) groups excluding carboxylic acids is 1. The third-order valence-corrected chi connectivity index (χ3v) is 2.84. The van der Waals surface area contributed by atoms with Crippen LogP contribution in [-0.4, -0.2) is 31.1 Å². The molecule has 0 aliphatic heterocycles. The van der Waals surface area contributed by atoms with Crippen molar-refractivity contribution in [2.45, 2.75) is 32.1 Å². The maximum absolute atomic E-state index is 11.1. The van der Waals surface area contributed by atoms with Crippen LogP contribution in [0.2, 0.25) is 0 Å². The first-order chi connectivity index (χ1) is 6.24. The molecule has 4 heteroatoms. The molecule has 0 spiro atoms. The predicted molar refractivity (Wildman–Crippen MR) is 54.8 cm³/mol. The summed E-state index contributed by atoms with van der Waals surface area (Å²) >= 11 is 5.39. The summed E-state index contributed by atoms with van der Waals surface area (Å²) in [6.07, 6.45) is 6.26. The second kappa shape index (κ2) is 5.53. The summed E-state index contributed by atoms with van der Waals surface area (Å²) in [6, 6.07) is 0. The summed E-state index contributed by atoms with van der Waals surface area (Å²) in [5.41, 5.74) is 0. The van der Waals surface area contributed by atoms with Crippen LogP contribution in [0.1, 0.15) is 32.1 Å². The largest absolute Gasteiger partial charge is 0.395 e. The van der Waals surface area contributed by atoms with Crippen LogP contribution in [0.5, 0.6) is 0 Å². The van der Waals surface area contributed by atoms with Crippen LogP contribution in [0.4, 0.5) is 0 Å². The maximum atomic E-state index is 11.1. The number of halogens is 1. The molecule has 1 amide bonds. The summed E-state index contributed by atoms with van der Waals surface area (Å²) in [5, 5.41) is 0. The molecule has 1 aliphatic carbocycles. The van der Waals surface area contributed by atoms with Crippen LogP contribution in [0, 0.1) is 5.92 Å². The third kappa shape index (κ3) is 3.59. The van der Waals surface area contributed by atoms with Gasteiger partial charge in [0.15, 0.2) is 0 Å². The van der Waals surface area contributed by atoms with Crippen LogP contribution in [-0.2, 0) is 4.79 Å². The number of hydrogen-bond donors (Lipinski definition) is 0. The van der Waals surface area contributed by atoms with Gasteiger partial charge in [-0.15, -0.1) is 11.6 Å². The molecule has 0 atom stereocenters. The highest BCUT2D eigenvalue weighted by Gasteiger charge is 2.16. The van der Waals surface area contributed by atoms with Gasteiger partial charge in [-0.25, -0.2) is 0 Å². The van der Waals surface area contributed by atoms with Crippen LogP contribution >= 0.6 is 11.6 Å². The average Bonchev–Trinajstić information content (AvgIpc) is 2.18. The molecule has 0 aromatic carbocycles. The molecule has 0 unspecified atom stereocenters. The molecule has 1 saturated carbocycles. The fourth-order valence-corrected chi connectivity index (χ4v) is 1.98. The smallest absolute Gasteiger partial charge is 0.230 e. The molecule has 1 aliphatic rings. The van der Waals surface area contributed by atoms with E-state index in [1.165, 1.54) is 36.9 Å². The number of hydrogen-bond acceptors (Lipinski definition) is 1. The van der Waals surface area contributed by atoms with Crippen molar-refractivity contribution in [2.75, 3.05) is 12.4 Å². The van der Waals surface area contributed by atoms with Gasteiger partial charge in [0.2, 0.25) is 13.9 Å². The van der Waals surface area contributed by atoms with Gasteiger partial charge >= 0.3 is 0 Å². The highest BCUT2D eigenvalue weighted by molar-refractivity contribution is 6.30. The zero-order chi connectivity index (χ0) is 9.68. The predicted octanol–water partition coefficient (Wildman–Crippen LogP) is 1.72. The van der Waals surface area contributed by atoms with Crippen LogP contribution in [0.3, 0.4) is 0 Å². The van der Waals surface area contributed by atoms with Gasteiger partial charge in [-0.05, 0) is 18.8 Å². The normalized spacial score (nSPS) is 18.5. The van der Waals surface area contributed by atoms with Crippen molar-refractivity contribution in [3.05, 3.63) is 0 Å². The monoisotopic (exact) mass is 199 g/mol. The Balaban J connectivity index is 2.25. The Kier molecular flexibility index (Phi) is 4.64. The summed E-state index contributed by atoms with van der Waals surface area (Å²) in [7, 11) is 5.56. The third-order valence-electron chi connectivity index (χ3n) is 2.61. The highest BCUT2D eigenvalue weighted by atomic mass is 35.5. The van der Waals surface area contributed by atoms with E-state index < -0.39 is 0 Å². The Hall–Kier alpha value is -0.175. The summed E-state index contributed by atoms with van der Waals surface area (Å²) in [6.45, 7) is 0.672. The SMILES string of the molecule is [B]N(CC1CCCCC1)C(=O)CCl. The van der Waals surface area contributed by atoms with Gasteiger partial charge in [0.25, 0.3) is 0 Å². The van der Waals surface area contributed by atoms with E-state index in [0.717, 1.165) is 0 Å². The first kappa shape index (κ1) is 10.9. The molecule has 2 radical (unpaired) electrons. The van der Waals surface area contributed by atoms with Crippen LogP contribution < -0.4 is 0 Å². The Morgan fingerprint density at radius 3 is 2.54 bits per heavy atom. The molecule has 2 nitrogen and oxygen atoms in total. The second-order valence-electron chi connectivity index (χ2n) is 3.68. The van der Waals surface area contributed by atoms with Gasteiger partial charge < -0.3 is 4.81 Å². The van der Waals surface area contributed by atoms with Crippen molar-refractivity contribution < 1.29 is 4.79 Å². The van der Waals surface area contributed by atoms with Crippen LogP contribution in [0.15, 0.2) is 0 Å². The minimum Gasteiger partial charge on any atom is -0.395 e. The molecule has 0 heterocycles. The quantitative estimate of drug-likeness (QED) is 0.501. The lowest BCUT2D eigenvalue weighted by atomic mass is 9.88. The molecule has 1 fully saturated rings. The number of rotatable bonds is 3. The van der Waals surface area contributed by atoms with Crippen molar-refractivity contribution in [2.24, 2.45) is 5.92 Å². The van der Waals surface area contributed by atoms with Gasteiger partial charge in [0.05, 0.1) is 0 Å². The van der Waals surface area contributed by atoms with Crippen molar-refractivity contribution in [3.63, 3.8) is 0 Å². The van der Waals surface area contributed by atoms with E-state index in [2.05, 4.69) is 0 Å². The Morgan fingerprint density at radius 2 is 2.00 bits per heavy atom. The van der Waals surface area contributed by atoms with Crippen LogP contribution in [0.25, 0.3) is 0 Å². The Bertz CT molecular complexity index is 171. The van der Waals surface area contributed by atoms with Crippen molar-refractivity contribution >= 4 is 25.5 Å². The minimum atomic E-state index is -0.174. The molecule has 0 aromatic heterocycles. The van der Waals surface area contributed by atoms with Gasteiger partial charge in [0, 0.05) is 6.54 Å². The molecule has 1 rings (SSSR count). The average molecular weight is 199 g/mol. The topological polar surface area (TPSA) is 20.3 Å². The molecule has 0 saturated heterocycles. The van der Waals surface area contributed by atoms with E-state index in [1.54, 1.807) is 0 Å². The number of amides is 1. The summed E-state index contributed by atoms with van der Waals surface area (Å²) < 4.78 is 0. The lowest BCUT2D eigenvalue weighted by Crippen LogP contribution is -2.34. The van der Waals surface area contributed by atoms with E-state index >= 15 is 0 Å². The molecular formula is C9H15BClNO. The van der Waals surface area contributed by atoms with E-state index in [1.807, 2.05) is 0 Å². The number of nitrogens with zero attached hydrogens (tertiary/aromatic N) is 1. The molecule has 0 N–H and O–H groups in total. The molecule has 0 aromatic rings. The molecular weight excluding hydrogens is 184 g/mol. The lowest BCUT2D eigenvalue weighted by molar-refractivity contribution is -0.124. The standard InChI is InChI=1S/C9H15BClNO/c10-12(9(13)6-11)7-8-4-2-1-3-5-8/h8H,1-7H2. The molecule has 72 valence electrons. The van der Waals surface area contributed by atoms with Crippen molar-refractivity contribution in [1.82, 2.24) is 4.81 Å². The first-order valence-electron chi connectivity index (χ1n) is 4.85. The number of carbonyl (C=O) groups is 1. The Labute approximate surface area is 86.1 Å². The fraction of sp³-hybridized carbons (Fsp3) is 0.889. The van der Waals surface area contributed by atoms with E-state index in [4.69, 9.17) is 19.6 Å².